The predicted molar refractivity (Wildman–Crippen MR) is 83.2 cm³/mol. The molecular weight excluding hydrogens is 310 g/mol. The van der Waals surface area contributed by atoms with Gasteiger partial charge in [-0.2, -0.15) is 8.78 Å². The number of rotatable bonds is 9. The van der Waals surface area contributed by atoms with E-state index in [9.17, 15) is 18.4 Å². The first-order valence-electron chi connectivity index (χ1n) is 7.73. The largest absolute Gasteiger partial charge is 0.465 e. The molecule has 7 heteroatoms. The summed E-state index contributed by atoms with van der Waals surface area (Å²) in [6, 6.07) is 1.59. The first-order valence-corrected chi connectivity index (χ1v) is 10.4. The van der Waals surface area contributed by atoms with E-state index in [1.807, 2.05) is 20.8 Å². The summed E-state index contributed by atoms with van der Waals surface area (Å²) in [4.78, 5) is 24.3. The van der Waals surface area contributed by atoms with Gasteiger partial charge in [-0.3, -0.25) is 9.59 Å². The third-order valence-electron chi connectivity index (χ3n) is 4.14. The molecule has 22 heavy (non-hydrogen) atoms. The molecule has 0 aromatic heterocycles. The highest BCUT2D eigenvalue weighted by molar-refractivity contribution is 6.87. The summed E-state index contributed by atoms with van der Waals surface area (Å²) in [5.41, 5.74) is 0. The average molecular weight is 336 g/mol. The SMILES string of the molecule is CCOC(=O)C(C(=O)OCC)C(=C(F)F)[Si](CC)(CC)CC. The van der Waals surface area contributed by atoms with Crippen molar-refractivity contribution in [1.82, 2.24) is 0 Å². The van der Waals surface area contributed by atoms with Crippen LogP contribution in [0.2, 0.25) is 18.1 Å². The van der Waals surface area contributed by atoms with Crippen LogP contribution in [0.25, 0.3) is 0 Å². The molecule has 0 fully saturated rings. The summed E-state index contributed by atoms with van der Waals surface area (Å²) in [5.74, 6) is -3.54. The Kier molecular flexibility index (Phi) is 9.16. The number of halogens is 2. The van der Waals surface area contributed by atoms with Gasteiger partial charge in [0.05, 0.1) is 21.3 Å². The number of carbonyl (C=O) groups excluding carboxylic acids is 2. The van der Waals surface area contributed by atoms with Gasteiger partial charge in [-0.25, -0.2) is 0 Å². The molecule has 0 heterocycles. The Balaban J connectivity index is 6.06. The fraction of sp³-hybridized carbons (Fsp3) is 0.733. The van der Waals surface area contributed by atoms with Gasteiger partial charge in [0.2, 0.25) is 0 Å². The Morgan fingerprint density at radius 2 is 1.23 bits per heavy atom. The number of esters is 2. The second-order valence-electron chi connectivity index (χ2n) is 4.95. The minimum atomic E-state index is -2.63. The molecule has 0 aliphatic rings. The van der Waals surface area contributed by atoms with Crippen molar-refractivity contribution in [3.63, 3.8) is 0 Å². The maximum atomic E-state index is 13.7. The zero-order chi connectivity index (χ0) is 17.3. The van der Waals surface area contributed by atoms with E-state index in [0.29, 0.717) is 18.1 Å². The molecule has 0 aliphatic carbocycles. The lowest BCUT2D eigenvalue weighted by Crippen LogP contribution is -2.44. The van der Waals surface area contributed by atoms with Crippen molar-refractivity contribution in [2.45, 2.75) is 52.8 Å². The van der Waals surface area contributed by atoms with Gasteiger partial charge >= 0.3 is 11.9 Å². The van der Waals surface area contributed by atoms with Gasteiger partial charge in [0.25, 0.3) is 6.08 Å². The highest BCUT2D eigenvalue weighted by atomic mass is 28.3. The molecule has 0 rings (SSSR count). The average Bonchev–Trinajstić information content (AvgIpc) is 2.48. The van der Waals surface area contributed by atoms with Gasteiger partial charge in [0.1, 0.15) is 0 Å². The second kappa shape index (κ2) is 9.71. The topological polar surface area (TPSA) is 52.6 Å². The van der Waals surface area contributed by atoms with Crippen LogP contribution in [-0.2, 0) is 19.1 Å². The van der Waals surface area contributed by atoms with Crippen LogP contribution in [0, 0.1) is 5.92 Å². The summed E-state index contributed by atoms with van der Waals surface area (Å²) in [7, 11) is -2.63. The van der Waals surface area contributed by atoms with Crippen molar-refractivity contribution < 1.29 is 27.8 Å². The van der Waals surface area contributed by atoms with E-state index in [1.54, 1.807) is 13.8 Å². The van der Waals surface area contributed by atoms with Crippen LogP contribution in [0.5, 0.6) is 0 Å². The van der Waals surface area contributed by atoms with Gasteiger partial charge in [-0.15, -0.1) is 0 Å². The molecule has 0 radical (unpaired) electrons. The quantitative estimate of drug-likeness (QED) is 0.364. The van der Waals surface area contributed by atoms with E-state index in [1.165, 1.54) is 0 Å². The van der Waals surface area contributed by atoms with Crippen molar-refractivity contribution in [1.29, 1.82) is 0 Å². The van der Waals surface area contributed by atoms with Crippen molar-refractivity contribution in [3.8, 4) is 0 Å². The number of carbonyl (C=O) groups is 2. The molecule has 0 atom stereocenters. The smallest absolute Gasteiger partial charge is 0.324 e. The Hall–Kier alpha value is -1.24. The normalized spacial score (nSPS) is 11.3. The lowest BCUT2D eigenvalue weighted by molar-refractivity contribution is -0.159. The van der Waals surface area contributed by atoms with Crippen LogP contribution < -0.4 is 0 Å². The molecule has 0 bridgehead atoms. The molecule has 0 saturated carbocycles. The van der Waals surface area contributed by atoms with E-state index in [4.69, 9.17) is 9.47 Å². The molecule has 0 unspecified atom stereocenters. The Morgan fingerprint density at radius 3 is 1.45 bits per heavy atom. The van der Waals surface area contributed by atoms with Gasteiger partial charge in [-0.05, 0) is 13.8 Å². The van der Waals surface area contributed by atoms with Gasteiger partial charge in [0.15, 0.2) is 5.92 Å². The zero-order valence-corrected chi connectivity index (χ0v) is 15.0. The van der Waals surface area contributed by atoms with E-state index in [2.05, 4.69) is 0 Å². The van der Waals surface area contributed by atoms with E-state index >= 15 is 0 Å². The third kappa shape index (κ3) is 4.63. The number of ether oxygens (including phenoxy) is 2. The number of hydrogen-bond acceptors (Lipinski definition) is 4. The monoisotopic (exact) mass is 336 g/mol. The first kappa shape index (κ1) is 20.8. The maximum absolute atomic E-state index is 13.7. The molecule has 0 aliphatic heterocycles. The second-order valence-corrected chi connectivity index (χ2v) is 10.2. The minimum absolute atomic E-state index is 0.0227. The molecule has 0 aromatic carbocycles. The molecule has 0 amide bonds. The van der Waals surface area contributed by atoms with Gasteiger partial charge in [-0.1, -0.05) is 38.9 Å². The summed E-state index contributed by atoms with van der Waals surface area (Å²) >= 11 is 0. The molecule has 0 spiro atoms. The van der Waals surface area contributed by atoms with Crippen LogP contribution in [0.15, 0.2) is 11.3 Å². The van der Waals surface area contributed by atoms with E-state index in [0.717, 1.165) is 0 Å². The molecule has 4 nitrogen and oxygen atoms in total. The number of hydrogen-bond donors (Lipinski definition) is 0. The van der Waals surface area contributed by atoms with Gasteiger partial charge in [0, 0.05) is 5.20 Å². The maximum Gasteiger partial charge on any atom is 0.324 e. The summed E-state index contributed by atoms with van der Waals surface area (Å²) in [5, 5.41) is -0.322. The Morgan fingerprint density at radius 1 is 0.864 bits per heavy atom. The van der Waals surface area contributed by atoms with Crippen molar-refractivity contribution in [2.24, 2.45) is 5.92 Å². The highest BCUT2D eigenvalue weighted by Gasteiger charge is 2.46. The van der Waals surface area contributed by atoms with Crippen molar-refractivity contribution in [3.05, 3.63) is 11.3 Å². The molecule has 0 N–H and O–H groups in total. The lowest BCUT2D eigenvalue weighted by atomic mass is 10.1. The zero-order valence-electron chi connectivity index (χ0n) is 14.0. The standard InChI is InChI=1S/C15H26F2O4Si/c1-6-20-14(18)11(15(19)21-7-2)12(13(16)17)22(8-3,9-4)10-5/h11H,6-10H2,1-5H3. The molecule has 0 saturated heterocycles. The summed E-state index contributed by atoms with van der Waals surface area (Å²) in [6.07, 6.45) is -1.94. The molecule has 0 aromatic rings. The fourth-order valence-electron chi connectivity index (χ4n) is 2.72. The van der Waals surface area contributed by atoms with E-state index < -0.39 is 32.0 Å². The van der Waals surface area contributed by atoms with Gasteiger partial charge < -0.3 is 9.47 Å². The fourth-order valence-corrected chi connectivity index (χ4v) is 6.61. The molecule has 128 valence electrons. The van der Waals surface area contributed by atoms with E-state index in [-0.39, 0.29) is 18.4 Å². The predicted octanol–water partition coefficient (Wildman–Crippen LogP) is 3.93. The van der Waals surface area contributed by atoms with Crippen molar-refractivity contribution >= 4 is 20.0 Å². The van der Waals surface area contributed by atoms with Crippen LogP contribution in [0.3, 0.4) is 0 Å². The minimum Gasteiger partial charge on any atom is -0.465 e. The van der Waals surface area contributed by atoms with Crippen LogP contribution in [0.1, 0.15) is 34.6 Å². The summed E-state index contributed by atoms with van der Waals surface area (Å²) in [6.45, 7) is 8.67. The first-order chi connectivity index (χ1) is 10.3. The van der Waals surface area contributed by atoms with Crippen LogP contribution in [0.4, 0.5) is 8.78 Å². The summed E-state index contributed by atoms with van der Waals surface area (Å²) < 4.78 is 37.1. The van der Waals surface area contributed by atoms with Crippen LogP contribution >= 0.6 is 0 Å². The Labute approximate surface area is 131 Å². The Bertz CT molecular complexity index is 390. The van der Waals surface area contributed by atoms with Crippen molar-refractivity contribution in [2.75, 3.05) is 13.2 Å². The third-order valence-corrected chi connectivity index (χ3v) is 9.82. The molecular formula is C15H26F2O4Si. The lowest BCUT2D eigenvalue weighted by Gasteiger charge is -2.33. The van der Waals surface area contributed by atoms with Crippen LogP contribution in [-0.4, -0.2) is 33.2 Å². The highest BCUT2D eigenvalue weighted by Crippen LogP contribution is 2.37.